The van der Waals surface area contributed by atoms with E-state index in [1.165, 1.54) is 12.8 Å². The summed E-state index contributed by atoms with van der Waals surface area (Å²) in [6.45, 7) is 20.2. The van der Waals surface area contributed by atoms with Crippen LogP contribution >= 0.6 is 0 Å². The Balaban J connectivity index is -0.0000000873. The molecule has 1 heteroatoms. The van der Waals surface area contributed by atoms with E-state index in [0.29, 0.717) is 5.41 Å². The molecule has 0 spiro atoms. The largest absolute Gasteiger partial charge is 2.00 e. The van der Waals surface area contributed by atoms with Gasteiger partial charge in [0, 0.05) is 0 Å². The Morgan fingerprint density at radius 3 is 0.950 bits per heavy atom. The summed E-state index contributed by atoms with van der Waals surface area (Å²) in [5.74, 6) is 0. The maximum Gasteiger partial charge on any atom is 2.00 e. The first-order valence-electron chi connectivity index (χ1n) is 7.47. The first-order valence-corrected chi connectivity index (χ1v) is 7.47. The van der Waals surface area contributed by atoms with Gasteiger partial charge in [-0.05, 0) is 5.41 Å². The van der Waals surface area contributed by atoms with Gasteiger partial charge in [-0.25, -0.2) is 0 Å². The van der Waals surface area contributed by atoms with Crippen molar-refractivity contribution in [2.45, 2.75) is 67.2 Å². The van der Waals surface area contributed by atoms with Crippen LogP contribution in [0.5, 0.6) is 0 Å². The molecule has 0 aromatic heterocycles. The van der Waals surface area contributed by atoms with Gasteiger partial charge in [-0.2, -0.15) is 12.8 Å². The van der Waals surface area contributed by atoms with E-state index < -0.39 is 0 Å². The molecule has 0 aliphatic carbocycles. The Morgan fingerprint density at radius 2 is 0.900 bits per heavy atom. The van der Waals surface area contributed by atoms with Gasteiger partial charge in [0.15, 0.2) is 0 Å². The van der Waals surface area contributed by atoms with Crippen molar-refractivity contribution in [3.05, 3.63) is 50.2 Å². The molecule has 1 aromatic carbocycles. The van der Waals surface area contributed by atoms with Crippen LogP contribution in [-0.2, 0) is 21.1 Å². The van der Waals surface area contributed by atoms with Crippen LogP contribution in [-0.4, -0.2) is 0 Å². The number of hydrogen-bond donors (Lipinski definition) is 0. The fourth-order valence-electron chi connectivity index (χ4n) is 0.385. The monoisotopic (exact) mass is 448 g/mol. The Hall–Kier alpha value is -0.0917. The Kier molecular flexibility index (Phi) is 33.7. The Morgan fingerprint density at radius 1 is 0.750 bits per heavy atom. The number of hydrogen-bond acceptors (Lipinski definition) is 0. The molecule has 0 nitrogen and oxygen atoms in total. The minimum atomic E-state index is 0. The van der Waals surface area contributed by atoms with Crippen molar-refractivity contribution in [3.8, 4) is 0 Å². The van der Waals surface area contributed by atoms with Crippen molar-refractivity contribution in [3.63, 3.8) is 0 Å². The topological polar surface area (TPSA) is 0 Å². The minimum absolute atomic E-state index is 0. The molecule has 0 amide bonds. The Bertz CT molecular complexity index is 182. The summed E-state index contributed by atoms with van der Waals surface area (Å²) in [5.41, 5.74) is 0.542. The summed E-state index contributed by atoms with van der Waals surface area (Å²) in [6, 6.07) is 12.0. The summed E-state index contributed by atoms with van der Waals surface area (Å²) in [5, 5.41) is 0. The molecule has 0 N–H and O–H groups in total. The van der Waals surface area contributed by atoms with Crippen molar-refractivity contribution in [1.29, 1.82) is 0 Å². The van der Waals surface area contributed by atoms with Gasteiger partial charge in [-0.1, -0.05) is 90.8 Å². The van der Waals surface area contributed by atoms with Crippen molar-refractivity contribution < 1.29 is 21.1 Å². The fourth-order valence-corrected chi connectivity index (χ4v) is 0.385. The molecule has 0 unspecified atom stereocenters. The molecule has 118 valence electrons. The van der Waals surface area contributed by atoms with Gasteiger partial charge in [0.1, 0.15) is 0 Å². The van der Waals surface area contributed by atoms with Gasteiger partial charge < -0.3 is 13.8 Å². The van der Waals surface area contributed by atoms with Gasteiger partial charge in [0.2, 0.25) is 0 Å². The SMILES string of the molecule is CCC(C)(C)C.[CH2-]CC.[CH2-]CCC.[W+2].c1ccccc1. The minimum Gasteiger partial charge on any atom is -0.344 e. The zero-order valence-corrected chi connectivity index (χ0v) is 17.5. The second kappa shape index (κ2) is 24.0. The zero-order valence-electron chi connectivity index (χ0n) is 14.6. The van der Waals surface area contributed by atoms with E-state index in [1.54, 1.807) is 0 Å². The van der Waals surface area contributed by atoms with E-state index in [-0.39, 0.29) is 21.1 Å². The van der Waals surface area contributed by atoms with Crippen molar-refractivity contribution in [2.24, 2.45) is 5.41 Å². The molecule has 0 radical (unpaired) electrons. The van der Waals surface area contributed by atoms with Crippen LogP contribution in [0.2, 0.25) is 0 Å². The van der Waals surface area contributed by atoms with Crippen molar-refractivity contribution >= 4 is 0 Å². The summed E-state index contributed by atoms with van der Waals surface area (Å²) in [7, 11) is 0. The second-order valence-electron chi connectivity index (χ2n) is 5.42. The van der Waals surface area contributed by atoms with Gasteiger partial charge in [0.05, 0.1) is 0 Å². The normalized spacial score (nSPS) is 8.40. The molecule has 1 rings (SSSR count). The summed E-state index contributed by atoms with van der Waals surface area (Å²) in [4.78, 5) is 0. The van der Waals surface area contributed by atoms with Gasteiger partial charge >= 0.3 is 21.1 Å². The zero-order chi connectivity index (χ0) is 15.6. The third kappa shape index (κ3) is 52.2. The van der Waals surface area contributed by atoms with Crippen LogP contribution in [0.4, 0.5) is 0 Å². The molecule has 0 aliphatic heterocycles. The predicted molar refractivity (Wildman–Crippen MR) is 92.1 cm³/mol. The first kappa shape index (κ1) is 28.1. The van der Waals surface area contributed by atoms with Crippen LogP contribution in [0.1, 0.15) is 67.2 Å². The van der Waals surface area contributed by atoms with Gasteiger partial charge in [-0.3, -0.25) is 0 Å². The van der Waals surface area contributed by atoms with E-state index in [4.69, 9.17) is 0 Å². The van der Waals surface area contributed by atoms with Gasteiger partial charge in [-0.15, -0.1) is 0 Å². The number of benzene rings is 1. The van der Waals surface area contributed by atoms with Crippen LogP contribution < -0.4 is 0 Å². The maximum absolute atomic E-state index is 3.60. The summed E-state index contributed by atoms with van der Waals surface area (Å²) < 4.78 is 0. The molecule has 20 heavy (non-hydrogen) atoms. The van der Waals surface area contributed by atoms with Crippen molar-refractivity contribution in [2.75, 3.05) is 0 Å². The van der Waals surface area contributed by atoms with E-state index in [9.17, 15) is 0 Å². The quantitative estimate of drug-likeness (QED) is 0.407. The van der Waals surface area contributed by atoms with Crippen LogP contribution in [0.15, 0.2) is 36.4 Å². The van der Waals surface area contributed by atoms with E-state index in [1.807, 2.05) is 43.3 Å². The van der Waals surface area contributed by atoms with E-state index in [2.05, 4.69) is 48.5 Å². The smallest absolute Gasteiger partial charge is 0.344 e. The molecular weight excluding hydrogens is 412 g/mol. The molecule has 1 aromatic rings. The first-order chi connectivity index (χ1) is 8.89. The summed E-state index contributed by atoms with van der Waals surface area (Å²) >= 11 is 0. The molecule has 0 bridgehead atoms. The standard InChI is InChI=1S/C6H6.C6H14.C4H9.C3H7.W/c1-2-4-6-5-3-1;1-5-6(2,3)4;1-3-4-2;1-3-2;/h1-6H;5H2,1-4H3;1,3-4H2,2H3;1,3H2,2H3;/q;;2*-1;+2. The van der Waals surface area contributed by atoms with E-state index in [0.717, 1.165) is 12.8 Å². The second-order valence-corrected chi connectivity index (χ2v) is 5.42. The third-order valence-corrected chi connectivity index (χ3v) is 2.08. The van der Waals surface area contributed by atoms with E-state index >= 15 is 0 Å². The third-order valence-electron chi connectivity index (χ3n) is 2.08. The predicted octanol–water partition coefficient (Wildman–Crippen LogP) is 6.98. The molecule has 0 saturated heterocycles. The van der Waals surface area contributed by atoms with Gasteiger partial charge in [0.25, 0.3) is 0 Å². The maximum atomic E-state index is 3.60. The molecule has 0 fully saturated rings. The van der Waals surface area contributed by atoms with Crippen LogP contribution in [0.3, 0.4) is 0 Å². The molecular formula is C19H36W. The van der Waals surface area contributed by atoms with Crippen molar-refractivity contribution in [1.82, 2.24) is 0 Å². The summed E-state index contributed by atoms with van der Waals surface area (Å²) in [6.07, 6.45) is 4.55. The molecule has 0 atom stereocenters. The Labute approximate surface area is 144 Å². The van der Waals surface area contributed by atoms with Crippen LogP contribution in [0, 0.1) is 19.3 Å². The number of rotatable bonds is 1. The molecule has 0 saturated carbocycles. The van der Waals surface area contributed by atoms with Crippen LogP contribution in [0.25, 0.3) is 0 Å². The fraction of sp³-hybridized carbons (Fsp3) is 0.579. The number of unbranched alkanes of at least 4 members (excludes halogenated alkanes) is 1. The molecule has 0 heterocycles. The average Bonchev–Trinajstić information content (AvgIpc) is 2.42. The average molecular weight is 448 g/mol. The molecule has 0 aliphatic rings.